The first kappa shape index (κ1) is 13.5. The van der Waals surface area contributed by atoms with E-state index in [-0.39, 0.29) is 0 Å². The van der Waals surface area contributed by atoms with Crippen LogP contribution in [-0.4, -0.2) is 59.4 Å². The molecule has 6 nitrogen and oxygen atoms in total. The van der Waals surface area contributed by atoms with Crippen molar-refractivity contribution in [3.8, 4) is 0 Å². The van der Waals surface area contributed by atoms with E-state index in [1.54, 1.807) is 0 Å². The highest BCUT2D eigenvalue weighted by Crippen LogP contribution is 2.11. The van der Waals surface area contributed by atoms with Crippen LogP contribution < -0.4 is 0 Å². The molecule has 1 fully saturated rings. The number of aromatic nitrogens is 2. The smallest absolute Gasteiger partial charge is 0.211 e. The van der Waals surface area contributed by atoms with Gasteiger partial charge in [-0.15, -0.1) is 0 Å². The molecule has 0 atom stereocenters. The predicted octanol–water partition coefficient (Wildman–Crippen LogP) is 0.411. The quantitative estimate of drug-likeness (QED) is 0.823. The monoisotopic (exact) mass is 294 g/mol. The van der Waals surface area contributed by atoms with Gasteiger partial charge >= 0.3 is 0 Å². The van der Waals surface area contributed by atoms with Gasteiger partial charge in [0.15, 0.2) is 0 Å². The third kappa shape index (κ3) is 2.84. The van der Waals surface area contributed by atoms with Crippen LogP contribution in [0.2, 0.25) is 0 Å². The Kier molecular flexibility index (Phi) is 3.49. The first-order valence-corrected chi connectivity index (χ1v) is 8.47. The van der Waals surface area contributed by atoms with Gasteiger partial charge in [-0.2, -0.15) is 4.31 Å². The molecule has 0 aromatic carbocycles. The molecule has 108 valence electrons. The van der Waals surface area contributed by atoms with Gasteiger partial charge in [0.05, 0.1) is 11.9 Å². The second kappa shape index (κ2) is 5.16. The number of hydrogen-bond acceptors (Lipinski definition) is 4. The van der Waals surface area contributed by atoms with Crippen molar-refractivity contribution >= 4 is 15.7 Å². The maximum absolute atomic E-state index is 11.5. The molecular weight excluding hydrogens is 276 g/mol. The SMILES string of the molecule is CS(=O)(=O)N1CCN(Cc2cn3ccccc3n2)CC1. The van der Waals surface area contributed by atoms with Gasteiger partial charge < -0.3 is 4.40 Å². The third-order valence-corrected chi connectivity index (χ3v) is 4.90. The molecule has 1 aliphatic rings. The van der Waals surface area contributed by atoms with Crippen LogP contribution in [-0.2, 0) is 16.6 Å². The second-order valence-electron chi connectivity index (χ2n) is 5.14. The fraction of sp³-hybridized carbons (Fsp3) is 0.462. The molecule has 0 aliphatic carbocycles. The fourth-order valence-corrected chi connectivity index (χ4v) is 3.34. The summed E-state index contributed by atoms with van der Waals surface area (Å²) >= 11 is 0. The van der Waals surface area contributed by atoms with E-state index in [4.69, 9.17) is 0 Å². The van der Waals surface area contributed by atoms with Gasteiger partial charge in [0.1, 0.15) is 5.65 Å². The lowest BCUT2D eigenvalue weighted by molar-refractivity contribution is 0.180. The zero-order valence-corrected chi connectivity index (χ0v) is 12.3. The number of imidazole rings is 1. The van der Waals surface area contributed by atoms with E-state index in [1.165, 1.54) is 10.6 Å². The minimum Gasteiger partial charge on any atom is -0.307 e. The zero-order valence-electron chi connectivity index (χ0n) is 11.4. The number of rotatable bonds is 3. The molecule has 0 N–H and O–H groups in total. The summed E-state index contributed by atoms with van der Waals surface area (Å²) in [5.41, 5.74) is 1.96. The van der Waals surface area contributed by atoms with E-state index < -0.39 is 10.0 Å². The zero-order chi connectivity index (χ0) is 14.2. The number of fused-ring (bicyclic) bond motifs is 1. The van der Waals surface area contributed by atoms with E-state index >= 15 is 0 Å². The molecule has 0 saturated carbocycles. The van der Waals surface area contributed by atoms with E-state index in [0.29, 0.717) is 13.1 Å². The average molecular weight is 294 g/mol. The van der Waals surface area contributed by atoms with Crippen molar-refractivity contribution in [2.45, 2.75) is 6.54 Å². The van der Waals surface area contributed by atoms with Gasteiger partial charge in [0.25, 0.3) is 0 Å². The summed E-state index contributed by atoms with van der Waals surface area (Å²) in [6.07, 6.45) is 5.27. The first-order chi connectivity index (χ1) is 9.52. The molecular formula is C13H18N4O2S. The highest BCUT2D eigenvalue weighted by molar-refractivity contribution is 7.88. The third-order valence-electron chi connectivity index (χ3n) is 3.60. The largest absolute Gasteiger partial charge is 0.307 e. The predicted molar refractivity (Wildman–Crippen MR) is 76.9 cm³/mol. The van der Waals surface area contributed by atoms with E-state index in [9.17, 15) is 8.42 Å². The first-order valence-electron chi connectivity index (χ1n) is 6.62. The van der Waals surface area contributed by atoms with E-state index in [0.717, 1.165) is 31.0 Å². The highest BCUT2D eigenvalue weighted by Gasteiger charge is 2.23. The van der Waals surface area contributed by atoms with Crippen LogP contribution in [0, 0.1) is 0 Å². The molecule has 7 heteroatoms. The van der Waals surface area contributed by atoms with Gasteiger partial charge in [-0.05, 0) is 12.1 Å². The van der Waals surface area contributed by atoms with Gasteiger partial charge in [0.2, 0.25) is 10.0 Å². The molecule has 0 radical (unpaired) electrons. The number of sulfonamides is 1. The van der Waals surface area contributed by atoms with Crippen molar-refractivity contribution in [2.24, 2.45) is 0 Å². The summed E-state index contributed by atoms with van der Waals surface area (Å²) in [6, 6.07) is 5.92. The minimum absolute atomic E-state index is 0.562. The van der Waals surface area contributed by atoms with Crippen LogP contribution in [0.3, 0.4) is 0 Å². The van der Waals surface area contributed by atoms with Crippen molar-refractivity contribution in [3.05, 3.63) is 36.3 Å². The molecule has 0 unspecified atom stereocenters. The number of pyridine rings is 1. The Balaban J connectivity index is 1.65. The second-order valence-corrected chi connectivity index (χ2v) is 7.12. The Bertz CT molecular complexity index is 669. The van der Waals surface area contributed by atoms with Crippen molar-refractivity contribution < 1.29 is 8.42 Å². The van der Waals surface area contributed by atoms with Gasteiger partial charge in [-0.25, -0.2) is 13.4 Å². The number of piperazine rings is 1. The fourth-order valence-electron chi connectivity index (χ4n) is 2.51. The van der Waals surface area contributed by atoms with Gasteiger partial charge in [-0.1, -0.05) is 6.07 Å². The van der Waals surface area contributed by atoms with Crippen LogP contribution in [0.1, 0.15) is 5.69 Å². The summed E-state index contributed by atoms with van der Waals surface area (Å²) in [5, 5.41) is 0. The summed E-state index contributed by atoms with van der Waals surface area (Å²) in [6.45, 7) is 3.39. The molecule has 2 aromatic rings. The van der Waals surface area contributed by atoms with Crippen molar-refractivity contribution in [1.82, 2.24) is 18.6 Å². The molecule has 3 heterocycles. The maximum atomic E-state index is 11.5. The normalized spacial score (nSPS) is 18.6. The van der Waals surface area contributed by atoms with E-state index in [2.05, 4.69) is 9.88 Å². The summed E-state index contributed by atoms with van der Waals surface area (Å²) in [5.74, 6) is 0. The molecule has 0 spiro atoms. The van der Waals surface area contributed by atoms with E-state index in [1.807, 2.05) is 35.0 Å². The number of nitrogens with zero attached hydrogens (tertiary/aromatic N) is 4. The number of hydrogen-bond donors (Lipinski definition) is 0. The summed E-state index contributed by atoms with van der Waals surface area (Å²) in [4.78, 5) is 6.80. The van der Waals surface area contributed by atoms with Gasteiger partial charge in [0, 0.05) is 45.1 Å². The van der Waals surface area contributed by atoms with Crippen LogP contribution >= 0.6 is 0 Å². The van der Waals surface area contributed by atoms with Crippen LogP contribution in [0.15, 0.2) is 30.6 Å². The summed E-state index contributed by atoms with van der Waals surface area (Å²) < 4.78 is 26.5. The Labute approximate surface area is 118 Å². The van der Waals surface area contributed by atoms with Crippen molar-refractivity contribution in [3.63, 3.8) is 0 Å². The maximum Gasteiger partial charge on any atom is 0.211 e. The Hall–Kier alpha value is -1.44. The van der Waals surface area contributed by atoms with Crippen LogP contribution in [0.4, 0.5) is 0 Å². The highest BCUT2D eigenvalue weighted by atomic mass is 32.2. The molecule has 2 aromatic heterocycles. The van der Waals surface area contributed by atoms with Crippen molar-refractivity contribution in [1.29, 1.82) is 0 Å². The topological polar surface area (TPSA) is 57.9 Å². The molecule has 20 heavy (non-hydrogen) atoms. The lowest BCUT2D eigenvalue weighted by atomic mass is 10.3. The summed E-state index contributed by atoms with van der Waals surface area (Å²) in [7, 11) is -3.06. The van der Waals surface area contributed by atoms with Crippen LogP contribution in [0.5, 0.6) is 0 Å². The van der Waals surface area contributed by atoms with Gasteiger partial charge in [-0.3, -0.25) is 4.90 Å². The molecule has 0 bridgehead atoms. The Morgan fingerprint density at radius 1 is 1.20 bits per heavy atom. The minimum atomic E-state index is -3.06. The van der Waals surface area contributed by atoms with Crippen LogP contribution in [0.25, 0.3) is 5.65 Å². The lowest BCUT2D eigenvalue weighted by Gasteiger charge is -2.32. The molecule has 0 amide bonds. The average Bonchev–Trinajstić information content (AvgIpc) is 2.80. The molecule has 1 aliphatic heterocycles. The molecule has 1 saturated heterocycles. The standard InChI is InChI=1S/C13H18N4O2S/c1-20(18,19)17-8-6-15(7-9-17)10-12-11-16-5-3-2-4-13(16)14-12/h2-5,11H,6-10H2,1H3. The van der Waals surface area contributed by atoms with Crippen molar-refractivity contribution in [2.75, 3.05) is 32.4 Å². The molecule has 3 rings (SSSR count). The Morgan fingerprint density at radius 3 is 2.60 bits per heavy atom. The lowest BCUT2D eigenvalue weighted by Crippen LogP contribution is -2.47. The Morgan fingerprint density at radius 2 is 1.95 bits per heavy atom.